The molecule has 0 saturated heterocycles. The highest BCUT2D eigenvalue weighted by Crippen LogP contribution is 2.16. The number of aromatic nitrogens is 3. The minimum absolute atomic E-state index is 0.0786. The van der Waals surface area contributed by atoms with Gasteiger partial charge in [0.2, 0.25) is 5.91 Å². The van der Waals surface area contributed by atoms with E-state index in [1.807, 2.05) is 24.6 Å². The number of pyridine rings is 1. The van der Waals surface area contributed by atoms with Gasteiger partial charge in [-0.2, -0.15) is 5.10 Å². The van der Waals surface area contributed by atoms with E-state index in [9.17, 15) is 4.79 Å². The molecule has 0 saturated carbocycles. The summed E-state index contributed by atoms with van der Waals surface area (Å²) in [5, 5.41) is 7.35. The summed E-state index contributed by atoms with van der Waals surface area (Å²) in [4.78, 5) is 16.4. The molecule has 0 radical (unpaired) electrons. The van der Waals surface area contributed by atoms with Crippen LogP contribution in [0, 0.1) is 19.8 Å². The summed E-state index contributed by atoms with van der Waals surface area (Å²) in [5.74, 6) is 0.995. The van der Waals surface area contributed by atoms with Crippen LogP contribution in [-0.4, -0.2) is 20.7 Å². The number of halogens is 1. The largest absolute Gasteiger partial charge is 0.310 e. The van der Waals surface area contributed by atoms with Crippen LogP contribution in [0.1, 0.15) is 30.8 Å². The lowest BCUT2D eigenvalue weighted by atomic mass is 10.1. The summed E-state index contributed by atoms with van der Waals surface area (Å²) < 4.78 is 2.87. The van der Waals surface area contributed by atoms with Crippen molar-refractivity contribution in [2.45, 2.75) is 40.7 Å². The van der Waals surface area contributed by atoms with Crippen molar-refractivity contribution in [3.05, 3.63) is 39.8 Å². The van der Waals surface area contributed by atoms with Crippen LogP contribution in [-0.2, 0) is 17.8 Å². The fourth-order valence-corrected chi connectivity index (χ4v) is 2.55. The van der Waals surface area contributed by atoms with Crippen molar-refractivity contribution in [2.24, 2.45) is 5.92 Å². The molecule has 2 aromatic rings. The van der Waals surface area contributed by atoms with Crippen molar-refractivity contribution in [1.29, 1.82) is 0 Å². The Morgan fingerprint density at radius 1 is 1.36 bits per heavy atom. The van der Waals surface area contributed by atoms with E-state index >= 15 is 0 Å². The first-order valence-corrected chi connectivity index (χ1v) is 8.10. The normalized spacial score (nSPS) is 11.0. The van der Waals surface area contributed by atoms with E-state index in [1.165, 1.54) is 0 Å². The summed E-state index contributed by atoms with van der Waals surface area (Å²) in [6, 6.07) is 3.61. The van der Waals surface area contributed by atoms with Crippen molar-refractivity contribution in [3.63, 3.8) is 0 Å². The second kappa shape index (κ2) is 7.05. The highest BCUT2D eigenvalue weighted by Gasteiger charge is 2.15. The van der Waals surface area contributed by atoms with Crippen LogP contribution in [0.25, 0.3) is 0 Å². The zero-order valence-electron chi connectivity index (χ0n) is 13.4. The fraction of sp³-hybridized carbons (Fsp3) is 0.438. The van der Waals surface area contributed by atoms with Crippen LogP contribution in [0.15, 0.2) is 22.8 Å². The molecule has 22 heavy (non-hydrogen) atoms. The van der Waals surface area contributed by atoms with Crippen LogP contribution in [0.4, 0.5) is 5.82 Å². The van der Waals surface area contributed by atoms with Gasteiger partial charge in [0.15, 0.2) is 0 Å². The molecule has 0 aliphatic rings. The van der Waals surface area contributed by atoms with Crippen LogP contribution >= 0.6 is 15.9 Å². The number of nitrogens with one attached hydrogen (secondary N) is 1. The molecule has 118 valence electrons. The fourth-order valence-electron chi connectivity index (χ4n) is 2.31. The predicted molar refractivity (Wildman–Crippen MR) is 90.8 cm³/mol. The van der Waals surface area contributed by atoms with Gasteiger partial charge in [-0.25, -0.2) is 4.98 Å². The average Bonchev–Trinajstić information content (AvgIpc) is 2.68. The number of hydrogen-bond acceptors (Lipinski definition) is 3. The Hall–Kier alpha value is -1.69. The van der Waals surface area contributed by atoms with Gasteiger partial charge >= 0.3 is 0 Å². The highest BCUT2D eigenvalue weighted by molar-refractivity contribution is 9.10. The van der Waals surface area contributed by atoms with Crippen molar-refractivity contribution >= 4 is 27.7 Å². The standard InChI is InChI=1S/C16H21BrN4O/c1-10(2)9-21-12(4)14(11(3)20-21)7-16(22)19-15-6-5-13(17)8-18-15/h5-6,8,10H,7,9H2,1-4H3,(H,18,19,22). The van der Waals surface area contributed by atoms with E-state index in [0.717, 1.165) is 28.0 Å². The summed E-state index contributed by atoms with van der Waals surface area (Å²) in [7, 11) is 0. The van der Waals surface area contributed by atoms with E-state index < -0.39 is 0 Å². The molecule has 0 bridgehead atoms. The van der Waals surface area contributed by atoms with Crippen LogP contribution in [0.5, 0.6) is 0 Å². The van der Waals surface area contributed by atoms with Gasteiger partial charge in [0, 0.05) is 28.5 Å². The molecule has 2 heterocycles. The number of aryl methyl sites for hydroxylation is 1. The number of rotatable bonds is 5. The lowest BCUT2D eigenvalue weighted by molar-refractivity contribution is -0.115. The molecule has 0 atom stereocenters. The Labute approximate surface area is 139 Å². The van der Waals surface area contributed by atoms with Gasteiger partial charge in [0.1, 0.15) is 5.82 Å². The van der Waals surface area contributed by atoms with Crippen molar-refractivity contribution < 1.29 is 4.79 Å². The smallest absolute Gasteiger partial charge is 0.230 e. The Kier molecular flexibility index (Phi) is 5.34. The number of nitrogens with zero attached hydrogens (tertiary/aromatic N) is 3. The molecule has 0 aliphatic heterocycles. The molecule has 1 N–H and O–H groups in total. The van der Waals surface area contributed by atoms with Crippen molar-refractivity contribution in [2.75, 3.05) is 5.32 Å². The van der Waals surface area contributed by atoms with Crippen molar-refractivity contribution in [1.82, 2.24) is 14.8 Å². The lowest BCUT2D eigenvalue weighted by Gasteiger charge is -2.08. The van der Waals surface area contributed by atoms with Crippen LogP contribution < -0.4 is 5.32 Å². The number of carbonyl (C=O) groups is 1. The third-order valence-electron chi connectivity index (χ3n) is 3.40. The highest BCUT2D eigenvalue weighted by atomic mass is 79.9. The van der Waals surface area contributed by atoms with E-state index in [1.54, 1.807) is 12.3 Å². The van der Waals surface area contributed by atoms with Gasteiger partial charge in [-0.3, -0.25) is 9.48 Å². The Bertz CT molecular complexity index is 662. The molecule has 0 unspecified atom stereocenters. The van der Waals surface area contributed by atoms with Gasteiger partial charge in [-0.15, -0.1) is 0 Å². The topological polar surface area (TPSA) is 59.8 Å². The van der Waals surface area contributed by atoms with E-state index in [4.69, 9.17) is 0 Å². The maximum absolute atomic E-state index is 12.2. The summed E-state index contributed by atoms with van der Waals surface area (Å²) in [5.41, 5.74) is 2.97. The summed E-state index contributed by atoms with van der Waals surface area (Å²) >= 11 is 3.32. The van der Waals surface area contributed by atoms with E-state index in [-0.39, 0.29) is 5.91 Å². The molecule has 2 rings (SSSR count). The molecule has 0 aromatic carbocycles. The third-order valence-corrected chi connectivity index (χ3v) is 3.87. The zero-order chi connectivity index (χ0) is 16.3. The molecule has 0 fully saturated rings. The first-order valence-electron chi connectivity index (χ1n) is 7.31. The molecule has 2 aromatic heterocycles. The predicted octanol–water partition coefficient (Wildman–Crippen LogP) is 3.49. The van der Waals surface area contributed by atoms with Crippen molar-refractivity contribution in [3.8, 4) is 0 Å². The van der Waals surface area contributed by atoms with E-state index in [0.29, 0.717) is 18.2 Å². The second-order valence-electron chi connectivity index (χ2n) is 5.81. The van der Waals surface area contributed by atoms with Crippen LogP contribution in [0.3, 0.4) is 0 Å². The zero-order valence-corrected chi connectivity index (χ0v) is 14.9. The Morgan fingerprint density at radius 3 is 2.68 bits per heavy atom. The Morgan fingerprint density at radius 2 is 2.09 bits per heavy atom. The minimum atomic E-state index is -0.0786. The molecular weight excluding hydrogens is 344 g/mol. The third kappa shape index (κ3) is 4.16. The molecule has 5 nitrogen and oxygen atoms in total. The maximum Gasteiger partial charge on any atom is 0.230 e. The van der Waals surface area contributed by atoms with Gasteiger partial charge in [-0.1, -0.05) is 13.8 Å². The SMILES string of the molecule is Cc1nn(CC(C)C)c(C)c1CC(=O)Nc1ccc(Br)cn1. The maximum atomic E-state index is 12.2. The number of amides is 1. The van der Waals surface area contributed by atoms with E-state index in [2.05, 4.69) is 45.2 Å². The minimum Gasteiger partial charge on any atom is -0.310 e. The molecule has 0 spiro atoms. The summed E-state index contributed by atoms with van der Waals surface area (Å²) in [6.45, 7) is 9.14. The monoisotopic (exact) mass is 364 g/mol. The van der Waals surface area contributed by atoms with Gasteiger partial charge in [0.05, 0.1) is 12.1 Å². The lowest BCUT2D eigenvalue weighted by Crippen LogP contribution is -2.16. The van der Waals surface area contributed by atoms with Gasteiger partial charge in [-0.05, 0) is 47.8 Å². The van der Waals surface area contributed by atoms with Crippen LogP contribution in [0.2, 0.25) is 0 Å². The van der Waals surface area contributed by atoms with Gasteiger partial charge in [0.25, 0.3) is 0 Å². The first-order chi connectivity index (χ1) is 10.4. The van der Waals surface area contributed by atoms with Gasteiger partial charge < -0.3 is 5.32 Å². The number of anilines is 1. The molecular formula is C16H21BrN4O. The summed E-state index contributed by atoms with van der Waals surface area (Å²) in [6.07, 6.45) is 1.97. The molecule has 6 heteroatoms. The second-order valence-corrected chi connectivity index (χ2v) is 6.73. The first kappa shape index (κ1) is 16.7. The average molecular weight is 365 g/mol. The molecule has 1 amide bonds. The Balaban J connectivity index is 2.08. The molecule has 0 aliphatic carbocycles. The number of hydrogen-bond donors (Lipinski definition) is 1. The quantitative estimate of drug-likeness (QED) is 0.882. The number of carbonyl (C=O) groups excluding carboxylic acids is 1.